The number of Topliss-reactive ketones (excluding diaryl/α,β-unsaturated/α-hetero) is 1. The summed E-state index contributed by atoms with van der Waals surface area (Å²) in [5.41, 5.74) is 0.259. The Hall–Kier alpha value is -2.25. The van der Waals surface area contributed by atoms with E-state index in [0.717, 1.165) is 12.1 Å². The minimum atomic E-state index is -3.11. The number of hydrogen-bond donors (Lipinski definition) is 0. The molecule has 0 radical (unpaired) electrons. The van der Waals surface area contributed by atoms with E-state index >= 15 is 0 Å². The molecular weight excluding hydrogens is 280 g/mol. The van der Waals surface area contributed by atoms with Crippen molar-refractivity contribution in [2.24, 2.45) is 0 Å². The van der Waals surface area contributed by atoms with Crippen LogP contribution in [0.2, 0.25) is 0 Å². The molecule has 0 atom stereocenters. The first-order chi connectivity index (χ1) is 9.44. The number of carbonyl (C=O) groups excluding carboxylic acids is 1. The lowest BCUT2D eigenvalue weighted by molar-refractivity contribution is -0.129. The zero-order chi connectivity index (χ0) is 14.7. The number of nitrogens with zero attached hydrogens (tertiary/aromatic N) is 2. The van der Waals surface area contributed by atoms with Gasteiger partial charge in [0, 0.05) is 12.5 Å². The van der Waals surface area contributed by atoms with Gasteiger partial charge in [0.05, 0.1) is 6.42 Å². The van der Waals surface area contributed by atoms with Gasteiger partial charge >= 0.3 is 0 Å². The Labute approximate surface area is 110 Å². The highest BCUT2D eigenvalue weighted by molar-refractivity contribution is 5.82. The van der Waals surface area contributed by atoms with Crippen molar-refractivity contribution in [3.8, 4) is 0 Å². The van der Waals surface area contributed by atoms with E-state index in [-0.39, 0.29) is 23.7 Å². The van der Waals surface area contributed by atoms with Gasteiger partial charge in [-0.2, -0.15) is 4.98 Å². The highest BCUT2D eigenvalue weighted by Gasteiger charge is 2.19. The summed E-state index contributed by atoms with van der Waals surface area (Å²) in [5, 5.41) is 3.46. The summed E-state index contributed by atoms with van der Waals surface area (Å²) in [6.07, 6.45) is -3.83. The molecule has 8 heteroatoms. The Morgan fingerprint density at radius 1 is 1.20 bits per heavy atom. The zero-order valence-corrected chi connectivity index (χ0v) is 9.95. The topological polar surface area (TPSA) is 56.0 Å². The number of carbonyl (C=O) groups is 1. The van der Waals surface area contributed by atoms with E-state index in [1.807, 2.05) is 0 Å². The minimum Gasteiger partial charge on any atom is -0.339 e. The SMILES string of the molecule is O=C(Cc1nc(Cc2cc(F)cc(F)c2)no1)C(F)F. The molecule has 0 spiro atoms. The number of alkyl halides is 2. The third kappa shape index (κ3) is 3.62. The molecule has 2 rings (SSSR count). The van der Waals surface area contributed by atoms with Crippen LogP contribution in [0.1, 0.15) is 17.3 Å². The maximum atomic E-state index is 13.0. The summed E-state index contributed by atoms with van der Waals surface area (Å²) in [6.45, 7) is 0. The minimum absolute atomic E-state index is 0.0406. The molecule has 4 nitrogen and oxygen atoms in total. The molecule has 0 bridgehead atoms. The lowest BCUT2D eigenvalue weighted by Gasteiger charge is -1.97. The molecule has 0 amide bonds. The summed E-state index contributed by atoms with van der Waals surface area (Å²) < 4.78 is 54.6. The van der Waals surface area contributed by atoms with Crippen molar-refractivity contribution in [2.45, 2.75) is 19.3 Å². The number of benzene rings is 1. The number of hydrogen-bond acceptors (Lipinski definition) is 4. The van der Waals surface area contributed by atoms with Crippen LogP contribution >= 0.6 is 0 Å². The Balaban J connectivity index is 2.07. The molecule has 2 aromatic rings. The molecular formula is C12H8F4N2O2. The van der Waals surface area contributed by atoms with E-state index in [0.29, 0.717) is 6.07 Å². The van der Waals surface area contributed by atoms with E-state index in [1.165, 1.54) is 0 Å². The van der Waals surface area contributed by atoms with Crippen molar-refractivity contribution in [1.82, 2.24) is 10.1 Å². The van der Waals surface area contributed by atoms with Crippen LogP contribution in [-0.4, -0.2) is 22.3 Å². The summed E-state index contributed by atoms with van der Waals surface area (Å²) in [5.74, 6) is -3.06. The Morgan fingerprint density at radius 2 is 1.85 bits per heavy atom. The van der Waals surface area contributed by atoms with Crippen LogP contribution in [-0.2, 0) is 17.6 Å². The van der Waals surface area contributed by atoms with Crippen LogP contribution in [0.4, 0.5) is 17.6 Å². The fourth-order valence-corrected chi connectivity index (χ4v) is 1.56. The smallest absolute Gasteiger partial charge is 0.296 e. The van der Waals surface area contributed by atoms with Crippen LogP contribution in [0.5, 0.6) is 0 Å². The highest BCUT2D eigenvalue weighted by atomic mass is 19.3. The second kappa shape index (κ2) is 5.81. The summed E-state index contributed by atoms with van der Waals surface area (Å²) in [4.78, 5) is 14.5. The van der Waals surface area contributed by atoms with Gasteiger partial charge < -0.3 is 4.52 Å². The van der Waals surface area contributed by atoms with Gasteiger partial charge in [0.2, 0.25) is 11.7 Å². The number of ketones is 1. The fourth-order valence-electron chi connectivity index (χ4n) is 1.56. The second-order valence-electron chi connectivity index (χ2n) is 4.00. The third-order valence-electron chi connectivity index (χ3n) is 2.36. The van der Waals surface area contributed by atoms with Crippen LogP contribution in [0.25, 0.3) is 0 Å². The first-order valence-electron chi connectivity index (χ1n) is 5.51. The van der Waals surface area contributed by atoms with Gasteiger partial charge in [0.15, 0.2) is 5.82 Å². The molecule has 0 N–H and O–H groups in total. The molecule has 0 saturated heterocycles. The van der Waals surface area contributed by atoms with E-state index < -0.39 is 30.3 Å². The third-order valence-corrected chi connectivity index (χ3v) is 2.36. The molecule has 1 aromatic carbocycles. The number of halogens is 4. The normalized spacial score (nSPS) is 11.1. The van der Waals surface area contributed by atoms with Crippen molar-refractivity contribution in [1.29, 1.82) is 0 Å². The average Bonchev–Trinajstić information content (AvgIpc) is 2.74. The average molecular weight is 288 g/mol. The van der Waals surface area contributed by atoms with E-state index in [2.05, 4.69) is 14.7 Å². The molecule has 0 aliphatic carbocycles. The Morgan fingerprint density at radius 3 is 2.45 bits per heavy atom. The second-order valence-corrected chi connectivity index (χ2v) is 4.00. The number of rotatable bonds is 5. The van der Waals surface area contributed by atoms with Crippen molar-refractivity contribution in [3.05, 3.63) is 47.1 Å². The lowest BCUT2D eigenvalue weighted by atomic mass is 10.1. The number of aromatic nitrogens is 2. The van der Waals surface area contributed by atoms with Gasteiger partial charge in [-0.1, -0.05) is 5.16 Å². The molecule has 0 saturated carbocycles. The first kappa shape index (κ1) is 14.2. The molecule has 20 heavy (non-hydrogen) atoms. The highest BCUT2D eigenvalue weighted by Crippen LogP contribution is 2.12. The molecule has 106 valence electrons. The van der Waals surface area contributed by atoms with Gasteiger partial charge in [-0.05, 0) is 17.7 Å². The largest absolute Gasteiger partial charge is 0.339 e. The quantitative estimate of drug-likeness (QED) is 0.792. The van der Waals surface area contributed by atoms with Crippen molar-refractivity contribution in [3.63, 3.8) is 0 Å². The maximum Gasteiger partial charge on any atom is 0.296 e. The molecule has 0 aliphatic rings. The van der Waals surface area contributed by atoms with Crippen molar-refractivity contribution in [2.75, 3.05) is 0 Å². The van der Waals surface area contributed by atoms with Gasteiger partial charge in [0.1, 0.15) is 11.6 Å². The van der Waals surface area contributed by atoms with Gasteiger partial charge in [0.25, 0.3) is 6.43 Å². The summed E-state index contributed by atoms with van der Waals surface area (Å²) in [6, 6.07) is 2.89. The monoisotopic (exact) mass is 288 g/mol. The van der Waals surface area contributed by atoms with Gasteiger partial charge in [-0.15, -0.1) is 0 Å². The lowest BCUT2D eigenvalue weighted by Crippen LogP contribution is -2.13. The van der Waals surface area contributed by atoms with Crippen molar-refractivity contribution < 1.29 is 26.9 Å². The predicted octanol–water partition coefficient (Wildman–Crippen LogP) is 2.32. The van der Waals surface area contributed by atoms with Crippen LogP contribution < -0.4 is 0 Å². The summed E-state index contributed by atoms with van der Waals surface area (Å²) in [7, 11) is 0. The Bertz CT molecular complexity index is 607. The fraction of sp³-hybridized carbons (Fsp3) is 0.250. The van der Waals surface area contributed by atoms with E-state index in [9.17, 15) is 22.4 Å². The molecule has 1 aromatic heterocycles. The van der Waals surface area contributed by atoms with E-state index in [1.54, 1.807) is 0 Å². The molecule has 0 unspecified atom stereocenters. The Kier molecular flexibility index (Phi) is 4.11. The molecule has 1 heterocycles. The van der Waals surface area contributed by atoms with Crippen LogP contribution in [0.3, 0.4) is 0 Å². The van der Waals surface area contributed by atoms with Gasteiger partial charge in [-0.25, -0.2) is 17.6 Å². The molecule has 0 fully saturated rings. The first-order valence-corrected chi connectivity index (χ1v) is 5.51. The van der Waals surface area contributed by atoms with Crippen LogP contribution in [0, 0.1) is 11.6 Å². The predicted molar refractivity (Wildman–Crippen MR) is 58.2 cm³/mol. The van der Waals surface area contributed by atoms with Gasteiger partial charge in [-0.3, -0.25) is 4.79 Å². The molecule has 0 aliphatic heterocycles. The standard InChI is InChI=1S/C12H8F4N2O2/c13-7-1-6(2-8(14)4-7)3-10-17-11(20-18-10)5-9(19)12(15)16/h1-2,4,12H,3,5H2. The van der Waals surface area contributed by atoms with Crippen LogP contribution in [0.15, 0.2) is 22.7 Å². The zero-order valence-electron chi connectivity index (χ0n) is 9.95. The van der Waals surface area contributed by atoms with Crippen molar-refractivity contribution >= 4 is 5.78 Å². The van der Waals surface area contributed by atoms with E-state index in [4.69, 9.17) is 0 Å². The summed E-state index contributed by atoms with van der Waals surface area (Å²) >= 11 is 0. The maximum absolute atomic E-state index is 13.0.